The molecule has 0 N–H and O–H groups in total. The largest absolute Gasteiger partial charge is 0.339 e. The molecule has 2 fully saturated rings. The quantitative estimate of drug-likeness (QED) is 0.801. The standard InChI is InChI=1S/C21H23N3O2/c25-20(9-8-16-10-11-22-19-7-2-1-6-18(16)19)23-12-14-24(15-13-23)21(26)17-4-3-5-17/h1-2,6-11,17H,3-5,12-15H2. The highest BCUT2D eigenvalue weighted by molar-refractivity contribution is 5.95. The van der Waals surface area contributed by atoms with Crippen molar-refractivity contribution in [3.05, 3.63) is 48.2 Å². The average molecular weight is 349 g/mol. The van der Waals surface area contributed by atoms with Gasteiger partial charge in [-0.3, -0.25) is 14.6 Å². The third-order valence-corrected chi connectivity index (χ3v) is 5.45. The number of fused-ring (bicyclic) bond motifs is 1. The lowest BCUT2D eigenvalue weighted by molar-refractivity contribution is -0.142. The van der Waals surface area contributed by atoms with E-state index in [0.29, 0.717) is 26.2 Å². The smallest absolute Gasteiger partial charge is 0.246 e. The molecule has 0 spiro atoms. The lowest BCUT2D eigenvalue weighted by atomic mass is 9.84. The molecule has 1 aromatic carbocycles. The first-order chi connectivity index (χ1) is 12.7. The van der Waals surface area contributed by atoms with Crippen LogP contribution in [0.2, 0.25) is 0 Å². The molecule has 1 saturated heterocycles. The molecular formula is C21H23N3O2. The molecule has 5 nitrogen and oxygen atoms in total. The van der Waals surface area contributed by atoms with Gasteiger partial charge in [0, 0.05) is 49.8 Å². The summed E-state index contributed by atoms with van der Waals surface area (Å²) >= 11 is 0. The monoisotopic (exact) mass is 349 g/mol. The zero-order valence-corrected chi connectivity index (χ0v) is 14.8. The van der Waals surface area contributed by atoms with E-state index in [-0.39, 0.29) is 17.7 Å². The highest BCUT2D eigenvalue weighted by Crippen LogP contribution is 2.28. The summed E-state index contributed by atoms with van der Waals surface area (Å²) in [5, 5.41) is 1.04. The number of amides is 2. The van der Waals surface area contributed by atoms with Gasteiger partial charge in [0.2, 0.25) is 11.8 Å². The normalized spacial score (nSPS) is 18.3. The number of rotatable bonds is 3. The van der Waals surface area contributed by atoms with Gasteiger partial charge in [0.25, 0.3) is 0 Å². The molecule has 1 aliphatic heterocycles. The zero-order valence-electron chi connectivity index (χ0n) is 14.8. The van der Waals surface area contributed by atoms with E-state index in [1.54, 1.807) is 12.3 Å². The lowest BCUT2D eigenvalue weighted by Crippen LogP contribution is -2.52. The number of para-hydroxylation sites is 1. The Bertz CT molecular complexity index is 844. The van der Waals surface area contributed by atoms with E-state index >= 15 is 0 Å². The molecule has 1 aliphatic carbocycles. The average Bonchev–Trinajstić information content (AvgIpc) is 2.64. The third kappa shape index (κ3) is 3.34. The molecular weight excluding hydrogens is 326 g/mol. The van der Waals surface area contributed by atoms with Gasteiger partial charge in [0.05, 0.1) is 5.52 Å². The summed E-state index contributed by atoms with van der Waals surface area (Å²) in [6.07, 6.45) is 8.48. The number of benzene rings is 1. The summed E-state index contributed by atoms with van der Waals surface area (Å²) in [6, 6.07) is 9.82. The minimum atomic E-state index is 0.00152. The van der Waals surface area contributed by atoms with Crippen LogP contribution in [0.5, 0.6) is 0 Å². The summed E-state index contributed by atoms with van der Waals surface area (Å²) in [6.45, 7) is 2.51. The molecule has 134 valence electrons. The molecule has 5 heteroatoms. The summed E-state index contributed by atoms with van der Waals surface area (Å²) < 4.78 is 0. The van der Waals surface area contributed by atoms with Crippen molar-refractivity contribution in [1.82, 2.24) is 14.8 Å². The number of pyridine rings is 1. The zero-order chi connectivity index (χ0) is 17.9. The van der Waals surface area contributed by atoms with Crippen molar-refractivity contribution in [3.63, 3.8) is 0 Å². The van der Waals surface area contributed by atoms with Crippen LogP contribution in [0.3, 0.4) is 0 Å². The molecule has 1 saturated carbocycles. The molecule has 0 unspecified atom stereocenters. The van der Waals surface area contributed by atoms with Gasteiger partial charge in [-0.2, -0.15) is 0 Å². The predicted molar refractivity (Wildman–Crippen MR) is 101 cm³/mol. The molecule has 0 bridgehead atoms. The van der Waals surface area contributed by atoms with Crippen molar-refractivity contribution in [3.8, 4) is 0 Å². The third-order valence-electron chi connectivity index (χ3n) is 5.45. The van der Waals surface area contributed by atoms with Crippen molar-refractivity contribution in [2.45, 2.75) is 19.3 Å². The van der Waals surface area contributed by atoms with Crippen LogP contribution in [-0.2, 0) is 9.59 Å². The molecule has 1 aromatic heterocycles. The molecule has 0 atom stereocenters. The highest BCUT2D eigenvalue weighted by atomic mass is 16.2. The first-order valence-electron chi connectivity index (χ1n) is 9.32. The molecule has 2 amide bonds. The minimum Gasteiger partial charge on any atom is -0.339 e. The van der Waals surface area contributed by atoms with Crippen LogP contribution in [0.1, 0.15) is 24.8 Å². The number of hydrogen-bond acceptors (Lipinski definition) is 3. The Morgan fingerprint density at radius 3 is 2.46 bits per heavy atom. The lowest BCUT2D eigenvalue weighted by Gasteiger charge is -2.37. The number of hydrogen-bond donors (Lipinski definition) is 0. The Morgan fingerprint density at radius 2 is 1.73 bits per heavy atom. The van der Waals surface area contributed by atoms with Crippen LogP contribution in [0.4, 0.5) is 0 Å². The Balaban J connectivity index is 1.38. The fourth-order valence-corrected chi connectivity index (χ4v) is 3.59. The first kappa shape index (κ1) is 16.8. The second-order valence-electron chi connectivity index (χ2n) is 7.03. The van der Waals surface area contributed by atoms with Crippen molar-refractivity contribution in [2.24, 2.45) is 5.92 Å². The van der Waals surface area contributed by atoms with Crippen molar-refractivity contribution in [2.75, 3.05) is 26.2 Å². The van der Waals surface area contributed by atoms with Gasteiger partial charge in [-0.1, -0.05) is 24.6 Å². The number of piperazine rings is 1. The molecule has 2 aromatic rings. The number of carbonyl (C=O) groups excluding carboxylic acids is 2. The Kier molecular flexibility index (Phi) is 4.69. The van der Waals surface area contributed by atoms with Crippen molar-refractivity contribution < 1.29 is 9.59 Å². The maximum Gasteiger partial charge on any atom is 0.246 e. The van der Waals surface area contributed by atoms with E-state index in [0.717, 1.165) is 29.3 Å². The van der Waals surface area contributed by atoms with Gasteiger partial charge in [0.15, 0.2) is 0 Å². The number of aromatic nitrogens is 1. The van der Waals surface area contributed by atoms with E-state index in [1.807, 2.05) is 46.2 Å². The first-order valence-corrected chi connectivity index (χ1v) is 9.32. The summed E-state index contributed by atoms with van der Waals surface area (Å²) in [7, 11) is 0. The van der Waals surface area contributed by atoms with Crippen LogP contribution in [0, 0.1) is 5.92 Å². The fourth-order valence-electron chi connectivity index (χ4n) is 3.59. The fraction of sp³-hybridized carbons (Fsp3) is 0.381. The van der Waals surface area contributed by atoms with Crippen LogP contribution in [0.25, 0.3) is 17.0 Å². The Morgan fingerprint density at radius 1 is 1.00 bits per heavy atom. The van der Waals surface area contributed by atoms with Crippen molar-refractivity contribution >= 4 is 28.8 Å². The van der Waals surface area contributed by atoms with Crippen LogP contribution >= 0.6 is 0 Å². The topological polar surface area (TPSA) is 53.5 Å². The molecule has 4 rings (SSSR count). The van der Waals surface area contributed by atoms with E-state index in [4.69, 9.17) is 0 Å². The van der Waals surface area contributed by atoms with Gasteiger partial charge in [0.1, 0.15) is 0 Å². The van der Waals surface area contributed by atoms with Crippen LogP contribution in [0.15, 0.2) is 42.6 Å². The molecule has 0 radical (unpaired) electrons. The minimum absolute atomic E-state index is 0.00152. The maximum absolute atomic E-state index is 12.5. The van der Waals surface area contributed by atoms with E-state index in [2.05, 4.69) is 4.98 Å². The Hall–Kier alpha value is -2.69. The molecule has 2 aliphatic rings. The number of nitrogens with zero attached hydrogens (tertiary/aromatic N) is 3. The molecule has 2 heterocycles. The highest BCUT2D eigenvalue weighted by Gasteiger charge is 2.31. The predicted octanol–water partition coefficient (Wildman–Crippen LogP) is 2.72. The van der Waals surface area contributed by atoms with Gasteiger partial charge in [-0.25, -0.2) is 0 Å². The van der Waals surface area contributed by atoms with E-state index in [9.17, 15) is 9.59 Å². The second kappa shape index (κ2) is 7.28. The second-order valence-corrected chi connectivity index (χ2v) is 7.03. The van der Waals surface area contributed by atoms with E-state index in [1.165, 1.54) is 6.42 Å². The summed E-state index contributed by atoms with van der Waals surface area (Å²) in [5.74, 6) is 0.515. The summed E-state index contributed by atoms with van der Waals surface area (Å²) in [4.78, 5) is 32.9. The van der Waals surface area contributed by atoms with Crippen molar-refractivity contribution in [1.29, 1.82) is 0 Å². The van der Waals surface area contributed by atoms with Crippen LogP contribution < -0.4 is 0 Å². The number of carbonyl (C=O) groups is 2. The van der Waals surface area contributed by atoms with Gasteiger partial charge in [-0.05, 0) is 36.6 Å². The summed E-state index contributed by atoms with van der Waals surface area (Å²) in [5.41, 5.74) is 1.91. The van der Waals surface area contributed by atoms with Crippen LogP contribution in [-0.4, -0.2) is 52.8 Å². The van der Waals surface area contributed by atoms with Gasteiger partial charge in [-0.15, -0.1) is 0 Å². The maximum atomic E-state index is 12.5. The Labute approximate surface area is 153 Å². The van der Waals surface area contributed by atoms with Gasteiger partial charge >= 0.3 is 0 Å². The SMILES string of the molecule is O=C(C=Cc1ccnc2ccccc12)N1CCN(C(=O)C2CCC2)CC1. The van der Waals surface area contributed by atoms with Gasteiger partial charge < -0.3 is 9.80 Å². The van der Waals surface area contributed by atoms with E-state index < -0.39 is 0 Å². The molecule has 26 heavy (non-hydrogen) atoms.